The van der Waals surface area contributed by atoms with E-state index in [0.717, 1.165) is 51.6 Å². The average Bonchev–Trinajstić information content (AvgIpc) is 3.23. The second kappa shape index (κ2) is 9.19. The normalized spacial score (nSPS) is 15.1. The van der Waals surface area contributed by atoms with E-state index in [1.807, 2.05) is 88.4 Å². The first-order valence-electron chi connectivity index (χ1n) is 10.7. The number of methoxy groups -OCH3 is 1. The maximum absolute atomic E-state index is 12.6. The number of amides is 2. The second-order valence-electron chi connectivity index (χ2n) is 8.08. The molecule has 3 aromatic rings. The van der Waals surface area contributed by atoms with E-state index < -0.39 is 0 Å². The van der Waals surface area contributed by atoms with Crippen LogP contribution in [-0.2, 0) is 4.79 Å². The van der Waals surface area contributed by atoms with Crippen LogP contribution in [0.5, 0.6) is 17.2 Å². The third-order valence-electron chi connectivity index (χ3n) is 5.49. The highest BCUT2D eigenvalue weighted by Gasteiger charge is 2.36. The fourth-order valence-electron chi connectivity index (χ4n) is 3.84. The zero-order valence-corrected chi connectivity index (χ0v) is 20.1. The summed E-state index contributed by atoms with van der Waals surface area (Å²) in [6.07, 6.45) is 1.81. The van der Waals surface area contributed by atoms with Crippen LogP contribution in [0.2, 0.25) is 0 Å². The quantitative estimate of drug-likeness (QED) is 0.400. The van der Waals surface area contributed by atoms with Crippen LogP contribution in [0.25, 0.3) is 11.8 Å². The van der Waals surface area contributed by atoms with E-state index in [0.29, 0.717) is 4.91 Å². The summed E-state index contributed by atoms with van der Waals surface area (Å²) in [7, 11) is 1.63. The van der Waals surface area contributed by atoms with Crippen LogP contribution in [0, 0.1) is 13.8 Å². The molecule has 2 amide bonds. The van der Waals surface area contributed by atoms with Crippen LogP contribution in [0.4, 0.5) is 4.79 Å². The van der Waals surface area contributed by atoms with Gasteiger partial charge in [-0.25, -0.2) is 0 Å². The number of hydrogen-bond acceptors (Lipinski definition) is 5. The first-order valence-corrected chi connectivity index (χ1v) is 11.5. The Morgan fingerprint density at radius 3 is 2.03 bits per heavy atom. The first-order chi connectivity index (χ1) is 15.8. The van der Waals surface area contributed by atoms with Crippen molar-refractivity contribution in [2.24, 2.45) is 0 Å². The van der Waals surface area contributed by atoms with Crippen LogP contribution < -0.4 is 9.47 Å². The average molecular weight is 463 g/mol. The molecule has 0 aliphatic carbocycles. The van der Waals surface area contributed by atoms with Crippen LogP contribution in [0.15, 0.2) is 59.5 Å². The molecule has 0 unspecified atom stereocenters. The Morgan fingerprint density at radius 2 is 1.48 bits per heavy atom. The summed E-state index contributed by atoms with van der Waals surface area (Å²) in [5.41, 5.74) is 3.93. The van der Waals surface area contributed by atoms with Crippen LogP contribution in [0.3, 0.4) is 0 Å². The lowest BCUT2D eigenvalue weighted by molar-refractivity contribution is -0.123. The predicted molar refractivity (Wildman–Crippen MR) is 131 cm³/mol. The lowest BCUT2D eigenvalue weighted by Crippen LogP contribution is -2.34. The molecule has 4 rings (SSSR count). The van der Waals surface area contributed by atoms with Crippen molar-refractivity contribution in [3.63, 3.8) is 0 Å². The van der Waals surface area contributed by atoms with Crippen molar-refractivity contribution in [3.05, 3.63) is 76.5 Å². The Hall–Kier alpha value is -3.45. The Kier molecular flexibility index (Phi) is 6.33. The Balaban J connectivity index is 1.57. The maximum Gasteiger partial charge on any atom is 0.293 e. The lowest BCUT2D eigenvalue weighted by Gasteiger charge is -2.16. The topological polar surface area (TPSA) is 60.8 Å². The Bertz CT molecular complexity index is 1220. The van der Waals surface area contributed by atoms with Gasteiger partial charge >= 0.3 is 0 Å². The molecule has 1 fully saturated rings. The zero-order chi connectivity index (χ0) is 23.7. The fraction of sp³-hybridized carbons (Fsp3) is 0.231. The standard InChI is InChI=1S/C26H26N2O4S/c1-16(2)27-25(29)24(33-26(27)30)15-19-14-17(3)28(18(19)4)20-6-8-22(9-7-20)32-23-12-10-21(31-5)11-13-23/h6-16H,1-5H3/b24-15-. The van der Waals surface area contributed by atoms with Gasteiger partial charge in [-0.2, -0.15) is 0 Å². The molecule has 0 saturated carbocycles. The minimum Gasteiger partial charge on any atom is -0.497 e. The highest BCUT2D eigenvalue weighted by atomic mass is 32.2. The van der Waals surface area contributed by atoms with Crippen molar-refractivity contribution in [1.29, 1.82) is 0 Å². The number of ether oxygens (including phenoxy) is 2. The molecule has 0 bridgehead atoms. The number of benzene rings is 2. The number of carbonyl (C=O) groups excluding carboxylic acids is 2. The summed E-state index contributed by atoms with van der Waals surface area (Å²) >= 11 is 0.995. The molecule has 1 aliphatic heterocycles. The van der Waals surface area contributed by atoms with Crippen LogP contribution in [0.1, 0.15) is 30.8 Å². The van der Waals surface area contributed by atoms with Gasteiger partial charge in [0.2, 0.25) is 0 Å². The molecule has 170 valence electrons. The molecule has 1 saturated heterocycles. The van der Waals surface area contributed by atoms with Gasteiger partial charge in [0.25, 0.3) is 11.1 Å². The molecular formula is C26H26N2O4S. The van der Waals surface area contributed by atoms with Crippen LogP contribution in [-0.4, -0.2) is 33.8 Å². The number of rotatable bonds is 6. The largest absolute Gasteiger partial charge is 0.497 e. The fourth-order valence-corrected chi connectivity index (χ4v) is 4.79. The number of thioether (sulfide) groups is 1. The number of nitrogens with zero attached hydrogens (tertiary/aromatic N) is 2. The molecular weight excluding hydrogens is 436 g/mol. The predicted octanol–water partition coefficient (Wildman–Crippen LogP) is 6.34. The number of aromatic nitrogens is 1. The highest BCUT2D eigenvalue weighted by molar-refractivity contribution is 8.18. The van der Waals surface area contributed by atoms with E-state index in [1.165, 1.54) is 4.90 Å². The van der Waals surface area contributed by atoms with Crippen LogP contribution >= 0.6 is 11.8 Å². The molecule has 33 heavy (non-hydrogen) atoms. The smallest absolute Gasteiger partial charge is 0.293 e. The number of imide groups is 1. The third-order valence-corrected chi connectivity index (χ3v) is 6.37. The van der Waals surface area contributed by atoms with E-state index in [-0.39, 0.29) is 17.2 Å². The molecule has 0 atom stereocenters. The van der Waals surface area contributed by atoms with Gasteiger partial charge in [0.15, 0.2) is 0 Å². The third kappa shape index (κ3) is 4.54. The van der Waals surface area contributed by atoms with E-state index in [2.05, 4.69) is 4.57 Å². The SMILES string of the molecule is COc1ccc(Oc2ccc(-n3c(C)cc(/C=C4\SC(=O)N(C(C)C)C4=O)c3C)cc2)cc1. The summed E-state index contributed by atoms with van der Waals surface area (Å²) in [6.45, 7) is 7.71. The second-order valence-corrected chi connectivity index (χ2v) is 9.07. The van der Waals surface area contributed by atoms with Crippen molar-refractivity contribution in [3.8, 4) is 22.9 Å². The summed E-state index contributed by atoms with van der Waals surface area (Å²) in [4.78, 5) is 26.6. The van der Waals surface area contributed by atoms with Gasteiger partial charge in [-0.15, -0.1) is 0 Å². The van der Waals surface area contributed by atoms with Crippen molar-refractivity contribution in [2.45, 2.75) is 33.7 Å². The first kappa shape index (κ1) is 22.7. The Morgan fingerprint density at radius 1 is 0.909 bits per heavy atom. The van der Waals surface area contributed by atoms with Gasteiger partial charge in [-0.1, -0.05) is 0 Å². The van der Waals surface area contributed by atoms with Gasteiger partial charge in [0.05, 0.1) is 12.0 Å². The number of hydrogen-bond donors (Lipinski definition) is 0. The van der Waals surface area contributed by atoms with Crippen molar-refractivity contribution in [1.82, 2.24) is 9.47 Å². The summed E-state index contributed by atoms with van der Waals surface area (Å²) in [5, 5.41) is -0.220. The monoisotopic (exact) mass is 462 g/mol. The number of carbonyl (C=O) groups is 2. The van der Waals surface area contributed by atoms with Gasteiger partial charge in [0, 0.05) is 23.1 Å². The Labute approximate surface area is 197 Å². The molecule has 6 nitrogen and oxygen atoms in total. The summed E-state index contributed by atoms with van der Waals surface area (Å²) < 4.78 is 13.2. The maximum atomic E-state index is 12.6. The van der Waals surface area contributed by atoms with E-state index >= 15 is 0 Å². The summed E-state index contributed by atoms with van der Waals surface area (Å²) in [6, 6.07) is 17.1. The van der Waals surface area contributed by atoms with Gasteiger partial charge in [-0.3, -0.25) is 14.5 Å². The molecule has 7 heteroatoms. The molecule has 1 aliphatic rings. The zero-order valence-electron chi connectivity index (χ0n) is 19.3. The van der Waals surface area contributed by atoms with E-state index in [1.54, 1.807) is 7.11 Å². The molecule has 1 aromatic heterocycles. The molecule has 0 radical (unpaired) electrons. The van der Waals surface area contributed by atoms with Gasteiger partial charge < -0.3 is 14.0 Å². The van der Waals surface area contributed by atoms with Crippen molar-refractivity contribution < 1.29 is 19.1 Å². The minimum atomic E-state index is -0.232. The summed E-state index contributed by atoms with van der Waals surface area (Å²) in [5.74, 6) is 2.01. The van der Waals surface area contributed by atoms with Gasteiger partial charge in [0.1, 0.15) is 17.2 Å². The lowest BCUT2D eigenvalue weighted by atomic mass is 10.2. The number of aryl methyl sites for hydroxylation is 1. The van der Waals surface area contributed by atoms with E-state index in [9.17, 15) is 9.59 Å². The molecule has 2 heterocycles. The van der Waals surface area contributed by atoms with E-state index in [4.69, 9.17) is 9.47 Å². The van der Waals surface area contributed by atoms with Gasteiger partial charge in [-0.05, 0) is 106 Å². The van der Waals surface area contributed by atoms with Crippen molar-refractivity contribution in [2.75, 3.05) is 7.11 Å². The minimum absolute atomic E-state index is 0.158. The highest BCUT2D eigenvalue weighted by Crippen LogP contribution is 2.35. The molecule has 2 aromatic carbocycles. The molecule has 0 spiro atoms. The van der Waals surface area contributed by atoms with Crippen molar-refractivity contribution >= 4 is 29.0 Å². The molecule has 0 N–H and O–H groups in total.